The van der Waals surface area contributed by atoms with Crippen molar-refractivity contribution in [2.75, 3.05) is 12.3 Å². The number of hydrogen-bond donors (Lipinski definition) is 2. The lowest BCUT2D eigenvalue weighted by Crippen LogP contribution is -2.30. The van der Waals surface area contributed by atoms with Gasteiger partial charge in [0.15, 0.2) is 5.69 Å². The molecule has 2 N–H and O–H groups in total. The van der Waals surface area contributed by atoms with Crippen LogP contribution in [0.2, 0.25) is 0 Å². The van der Waals surface area contributed by atoms with E-state index in [0.717, 1.165) is 10.9 Å². The molecule has 0 spiro atoms. The number of thioether (sulfide) groups is 1. The summed E-state index contributed by atoms with van der Waals surface area (Å²) in [5.41, 5.74) is -4.65. The highest BCUT2D eigenvalue weighted by atomic mass is 32.2. The first-order chi connectivity index (χ1) is 8.78. The fourth-order valence-electron chi connectivity index (χ4n) is 1.03. The Morgan fingerprint density at radius 1 is 1.47 bits per heavy atom. The fraction of sp³-hybridized carbons (Fsp3) is 0.500. The number of aromatic carboxylic acids is 1. The van der Waals surface area contributed by atoms with E-state index in [1.54, 1.807) is 0 Å². The maximum atomic E-state index is 11.8. The zero-order chi connectivity index (χ0) is 14.5. The average molecular weight is 298 g/mol. The van der Waals surface area contributed by atoms with Crippen molar-refractivity contribution in [3.05, 3.63) is 11.9 Å². The predicted octanol–water partition coefficient (Wildman–Crippen LogP) is 0.346. The summed E-state index contributed by atoms with van der Waals surface area (Å²) >= 11 is -0.237. The van der Waals surface area contributed by atoms with E-state index in [-0.39, 0.29) is 36.3 Å². The minimum atomic E-state index is -4.33. The van der Waals surface area contributed by atoms with Crippen LogP contribution in [-0.4, -0.2) is 49.8 Å². The Hall–Kier alpha value is -1.78. The van der Waals surface area contributed by atoms with Gasteiger partial charge in [0.1, 0.15) is 6.54 Å². The minimum Gasteiger partial charge on any atom is -0.476 e. The number of hydrogen-bond acceptors (Lipinski definition) is 5. The third-order valence-electron chi connectivity index (χ3n) is 1.75. The smallest absolute Gasteiger partial charge is 0.441 e. The van der Waals surface area contributed by atoms with Gasteiger partial charge in [-0.05, 0) is 11.8 Å². The van der Waals surface area contributed by atoms with Gasteiger partial charge in [0.2, 0.25) is 5.91 Å². The van der Waals surface area contributed by atoms with E-state index in [1.807, 2.05) is 0 Å². The zero-order valence-corrected chi connectivity index (χ0v) is 10.2. The normalized spacial score (nSPS) is 11.3. The first kappa shape index (κ1) is 15.3. The Labute approximate surface area is 109 Å². The van der Waals surface area contributed by atoms with Gasteiger partial charge in [-0.2, -0.15) is 13.2 Å². The van der Waals surface area contributed by atoms with Crippen LogP contribution >= 0.6 is 11.8 Å². The number of nitrogens with one attached hydrogen (secondary N) is 1. The predicted molar refractivity (Wildman–Crippen MR) is 58.5 cm³/mol. The average Bonchev–Trinajstić information content (AvgIpc) is 2.71. The highest BCUT2D eigenvalue weighted by Crippen LogP contribution is 2.29. The van der Waals surface area contributed by atoms with Crippen LogP contribution in [0.1, 0.15) is 10.5 Å². The van der Waals surface area contributed by atoms with E-state index in [4.69, 9.17) is 5.11 Å². The van der Waals surface area contributed by atoms with Crippen molar-refractivity contribution in [1.82, 2.24) is 20.3 Å². The monoisotopic (exact) mass is 298 g/mol. The van der Waals surface area contributed by atoms with E-state index >= 15 is 0 Å². The number of carboxylic acid groups (broad SMARTS) is 1. The molecule has 0 atom stereocenters. The molecule has 1 aromatic heterocycles. The highest BCUT2D eigenvalue weighted by molar-refractivity contribution is 8.00. The highest BCUT2D eigenvalue weighted by Gasteiger charge is 2.27. The van der Waals surface area contributed by atoms with E-state index in [1.165, 1.54) is 0 Å². The molecule has 0 aliphatic carbocycles. The number of nitrogens with zero attached hydrogens (tertiary/aromatic N) is 3. The molecule has 106 valence electrons. The Bertz CT molecular complexity index is 462. The van der Waals surface area contributed by atoms with Crippen molar-refractivity contribution >= 4 is 23.6 Å². The van der Waals surface area contributed by atoms with Gasteiger partial charge in [-0.1, -0.05) is 5.21 Å². The van der Waals surface area contributed by atoms with E-state index < -0.39 is 17.4 Å². The van der Waals surface area contributed by atoms with Crippen LogP contribution in [-0.2, 0) is 11.3 Å². The first-order valence-corrected chi connectivity index (χ1v) is 5.87. The number of amides is 1. The van der Waals surface area contributed by atoms with Gasteiger partial charge in [0.25, 0.3) is 0 Å². The molecule has 1 heterocycles. The van der Waals surface area contributed by atoms with Crippen molar-refractivity contribution in [3.63, 3.8) is 0 Å². The van der Waals surface area contributed by atoms with Crippen LogP contribution in [0.4, 0.5) is 13.2 Å². The summed E-state index contributed by atoms with van der Waals surface area (Å²) in [5.74, 6) is -2.16. The Morgan fingerprint density at radius 2 is 2.16 bits per heavy atom. The summed E-state index contributed by atoms with van der Waals surface area (Å²) in [6.07, 6.45) is 1.05. The number of carbonyl (C=O) groups excluding carboxylic acids is 1. The summed E-state index contributed by atoms with van der Waals surface area (Å²) in [5, 5.41) is 17.5. The molecule has 1 amide bonds. The third-order valence-corrected chi connectivity index (χ3v) is 2.49. The van der Waals surface area contributed by atoms with Crippen LogP contribution < -0.4 is 5.32 Å². The summed E-state index contributed by atoms with van der Waals surface area (Å²) in [6, 6.07) is 0. The van der Waals surface area contributed by atoms with Gasteiger partial charge in [0, 0.05) is 12.3 Å². The topological polar surface area (TPSA) is 97.1 Å². The van der Waals surface area contributed by atoms with Gasteiger partial charge in [0.05, 0.1) is 6.20 Å². The standard InChI is InChI=1S/C8H9F3N4O3S/c9-8(10,11)19-2-1-12-6(16)4-15-3-5(7(17)18)13-14-15/h3H,1-2,4H2,(H,12,16)(H,17,18). The lowest BCUT2D eigenvalue weighted by atomic mass is 10.5. The van der Waals surface area contributed by atoms with Gasteiger partial charge in [-0.25, -0.2) is 9.48 Å². The van der Waals surface area contributed by atoms with Gasteiger partial charge in [-0.15, -0.1) is 5.10 Å². The number of carbonyl (C=O) groups is 2. The van der Waals surface area contributed by atoms with Crippen molar-refractivity contribution in [2.45, 2.75) is 12.1 Å². The molecular formula is C8H9F3N4O3S. The largest absolute Gasteiger partial charge is 0.476 e. The second-order valence-corrected chi connectivity index (χ2v) is 4.41. The van der Waals surface area contributed by atoms with Crippen LogP contribution in [0.5, 0.6) is 0 Å². The summed E-state index contributed by atoms with van der Waals surface area (Å²) in [4.78, 5) is 21.8. The fourth-order valence-corrected chi connectivity index (χ4v) is 1.47. The quantitative estimate of drug-likeness (QED) is 0.735. The molecule has 0 aromatic carbocycles. The van der Waals surface area contributed by atoms with Crippen molar-refractivity contribution < 1.29 is 27.9 Å². The molecular weight excluding hydrogens is 289 g/mol. The molecule has 0 aliphatic rings. The van der Waals surface area contributed by atoms with Crippen LogP contribution in [0.25, 0.3) is 0 Å². The van der Waals surface area contributed by atoms with Crippen molar-refractivity contribution in [3.8, 4) is 0 Å². The molecule has 0 bridgehead atoms. The summed E-state index contributed by atoms with van der Waals surface area (Å²) in [7, 11) is 0. The summed E-state index contributed by atoms with van der Waals surface area (Å²) in [6.45, 7) is -0.458. The van der Waals surface area contributed by atoms with E-state index in [0.29, 0.717) is 0 Å². The third kappa shape index (κ3) is 6.08. The number of carboxylic acids is 1. The second kappa shape index (κ2) is 6.41. The molecule has 1 aromatic rings. The van der Waals surface area contributed by atoms with Gasteiger partial charge < -0.3 is 10.4 Å². The minimum absolute atomic E-state index is 0.149. The molecule has 1 rings (SSSR count). The molecule has 11 heteroatoms. The summed E-state index contributed by atoms with van der Waals surface area (Å²) < 4.78 is 36.3. The Kier molecular flexibility index (Phi) is 5.15. The number of aromatic nitrogens is 3. The maximum absolute atomic E-state index is 11.8. The number of rotatable bonds is 6. The maximum Gasteiger partial charge on any atom is 0.441 e. The molecule has 0 saturated carbocycles. The molecule has 7 nitrogen and oxygen atoms in total. The van der Waals surface area contributed by atoms with E-state index in [9.17, 15) is 22.8 Å². The van der Waals surface area contributed by atoms with E-state index in [2.05, 4.69) is 15.6 Å². The number of alkyl halides is 3. The van der Waals surface area contributed by atoms with Gasteiger partial charge >= 0.3 is 11.5 Å². The van der Waals surface area contributed by atoms with Crippen molar-refractivity contribution in [2.24, 2.45) is 0 Å². The molecule has 0 radical (unpaired) electrons. The van der Waals surface area contributed by atoms with Crippen LogP contribution in [0.3, 0.4) is 0 Å². The molecule has 0 fully saturated rings. The van der Waals surface area contributed by atoms with Crippen LogP contribution in [0, 0.1) is 0 Å². The molecule has 0 aliphatic heterocycles. The second-order valence-electron chi connectivity index (χ2n) is 3.25. The first-order valence-electron chi connectivity index (χ1n) is 4.89. The van der Waals surface area contributed by atoms with Crippen LogP contribution in [0.15, 0.2) is 6.20 Å². The molecule has 0 saturated heterocycles. The van der Waals surface area contributed by atoms with Gasteiger partial charge in [-0.3, -0.25) is 4.79 Å². The van der Waals surface area contributed by atoms with Crippen molar-refractivity contribution in [1.29, 1.82) is 0 Å². The molecule has 0 unspecified atom stereocenters. The lowest BCUT2D eigenvalue weighted by molar-refractivity contribution is -0.121. The lowest BCUT2D eigenvalue weighted by Gasteiger charge is -2.06. The Balaban J connectivity index is 2.29. The zero-order valence-electron chi connectivity index (χ0n) is 9.35. The Morgan fingerprint density at radius 3 is 2.68 bits per heavy atom. The number of halogens is 3. The SMILES string of the molecule is O=C(Cn1cc(C(=O)O)nn1)NCCSC(F)(F)F. The molecule has 19 heavy (non-hydrogen) atoms.